The van der Waals surface area contributed by atoms with Crippen LogP contribution in [0.1, 0.15) is 205 Å². The molecular weight excluding hydrogens is 1530 g/mol. The molecule has 23 atom stereocenters. The maximum atomic E-state index is 12.8. The van der Waals surface area contributed by atoms with Crippen LogP contribution in [0.5, 0.6) is 0 Å². The Kier molecular flexibility index (Phi) is 36.2. The second kappa shape index (κ2) is 40.2. The highest BCUT2D eigenvalue weighted by molar-refractivity contribution is 5.87. The lowest BCUT2D eigenvalue weighted by Gasteiger charge is -2.38. The molecule has 0 radical (unpaired) electrons. The number of rotatable bonds is 20. The van der Waals surface area contributed by atoms with Crippen molar-refractivity contribution in [2.75, 3.05) is 34.5 Å². The molecule has 23 unspecified atom stereocenters. The number of alkyl halides is 18. The number of fused-ring (bicyclic) bond motifs is 27. The van der Waals surface area contributed by atoms with Crippen LogP contribution in [0.25, 0.3) is 0 Å². The zero-order valence-electron chi connectivity index (χ0n) is 62.6. The Hall–Kier alpha value is -5.34. The molecule has 0 aromatic carbocycles. The van der Waals surface area contributed by atoms with Crippen molar-refractivity contribution in [2.45, 2.75) is 265 Å². The van der Waals surface area contributed by atoms with Crippen molar-refractivity contribution in [1.29, 1.82) is 0 Å². The maximum absolute atomic E-state index is 12.8. The van der Waals surface area contributed by atoms with E-state index in [0.29, 0.717) is 88.7 Å². The molecule has 112 heavy (non-hydrogen) atoms. The largest absolute Gasteiger partial charge is 0.466 e. The minimum atomic E-state index is -5.84. The van der Waals surface area contributed by atoms with Crippen molar-refractivity contribution in [3.8, 4) is 0 Å². The summed E-state index contributed by atoms with van der Waals surface area (Å²) in [7, 11) is 3.99. The fourth-order valence-corrected chi connectivity index (χ4v) is 21.6. The van der Waals surface area contributed by atoms with Gasteiger partial charge in [0.05, 0.1) is 52.3 Å². The minimum Gasteiger partial charge on any atom is -0.466 e. The highest BCUT2D eigenvalue weighted by Crippen LogP contribution is 2.72. The van der Waals surface area contributed by atoms with E-state index in [9.17, 15) is 113 Å². The van der Waals surface area contributed by atoms with E-state index < -0.39 is 105 Å². The molecule has 0 aromatic rings. The van der Waals surface area contributed by atoms with Gasteiger partial charge in [-0.3, -0.25) is 14.4 Å². The third kappa shape index (κ3) is 23.1. The molecule has 12 saturated carbocycles. The Morgan fingerprint density at radius 2 is 0.643 bits per heavy atom. The lowest BCUT2D eigenvalue weighted by molar-refractivity contribution is -0.370. The van der Waals surface area contributed by atoms with Crippen molar-refractivity contribution in [3.05, 3.63) is 36.5 Å². The van der Waals surface area contributed by atoms with Crippen LogP contribution in [0.15, 0.2) is 36.5 Å². The molecule has 12 aliphatic carbocycles. The zero-order valence-corrected chi connectivity index (χ0v) is 62.6. The average molecular weight is 1650 g/mol. The number of carbonyl (C=O) groups is 6. The summed E-state index contributed by atoms with van der Waals surface area (Å²) >= 11 is 0. The number of esters is 6. The van der Waals surface area contributed by atoms with Crippen molar-refractivity contribution in [3.63, 3.8) is 0 Å². The Balaban J connectivity index is 0.000000373. The molecule has 15 nitrogen and oxygen atoms in total. The van der Waals surface area contributed by atoms with Crippen LogP contribution in [-0.4, -0.2) is 146 Å². The molecule has 3 N–H and O–H groups in total. The Morgan fingerprint density at radius 3 is 0.902 bits per heavy atom. The normalized spacial score (nSPS) is 31.9. The van der Waals surface area contributed by atoms with Crippen molar-refractivity contribution >= 4 is 35.8 Å². The summed E-state index contributed by atoms with van der Waals surface area (Å²) in [5.41, 5.74) is -11.0. The van der Waals surface area contributed by atoms with Gasteiger partial charge in [0.2, 0.25) is 0 Å². The van der Waals surface area contributed by atoms with Gasteiger partial charge in [-0.1, -0.05) is 54.9 Å². The summed E-state index contributed by atoms with van der Waals surface area (Å²) in [5.74, 6) is 9.06. The van der Waals surface area contributed by atoms with E-state index >= 15 is 0 Å². The first-order valence-corrected chi connectivity index (χ1v) is 37.4. The lowest BCUT2D eigenvalue weighted by Crippen LogP contribution is -2.56. The monoisotopic (exact) mass is 1650 g/mol. The first-order chi connectivity index (χ1) is 50.2. The molecule has 12 bridgehead atoms. The number of aliphatic hydroxyl groups is 3. The van der Waals surface area contributed by atoms with Gasteiger partial charge in [0.25, 0.3) is 11.2 Å². The van der Waals surface area contributed by atoms with Crippen LogP contribution in [0.4, 0.5) is 79.0 Å². The van der Waals surface area contributed by atoms with Crippen molar-refractivity contribution in [2.24, 2.45) is 124 Å². The van der Waals surface area contributed by atoms with E-state index in [1.807, 2.05) is 0 Å². The van der Waals surface area contributed by atoms with Gasteiger partial charge < -0.3 is 43.7 Å². The Labute approximate surface area is 645 Å². The summed E-state index contributed by atoms with van der Waals surface area (Å²) in [6.45, 7) is 12.9. The highest BCUT2D eigenvalue weighted by Gasteiger charge is 2.72. The molecule has 0 amide bonds. The van der Waals surface area contributed by atoms with Crippen LogP contribution in [0.2, 0.25) is 0 Å². The van der Waals surface area contributed by atoms with Crippen LogP contribution in [-0.2, 0) is 57.2 Å². The molecule has 0 spiro atoms. The fraction of sp³-hybridized carbons (Fsp3) is 0.848. The number of hydrogen-bond donors (Lipinski definition) is 3. The van der Waals surface area contributed by atoms with E-state index in [-0.39, 0.29) is 88.8 Å². The highest BCUT2D eigenvalue weighted by atomic mass is 19.4. The summed E-state index contributed by atoms with van der Waals surface area (Å²) in [6, 6.07) is 0. The molecule has 0 aliphatic heterocycles. The van der Waals surface area contributed by atoms with Gasteiger partial charge in [0.15, 0.2) is 5.60 Å². The smallest absolute Gasteiger partial charge is 0.426 e. The Bertz CT molecular complexity index is 3040. The van der Waals surface area contributed by atoms with E-state index in [1.54, 1.807) is 20.8 Å². The number of hydrogen-bond acceptors (Lipinski definition) is 15. The second-order valence-electron chi connectivity index (χ2n) is 32.6. The molecule has 0 saturated heterocycles. The number of halogens is 18. The first kappa shape index (κ1) is 101. The van der Waals surface area contributed by atoms with E-state index in [2.05, 4.69) is 33.9 Å². The third-order valence-electron chi connectivity index (χ3n) is 25.8. The third-order valence-corrected chi connectivity index (χ3v) is 25.8. The lowest BCUT2D eigenvalue weighted by atomic mass is 9.67. The molecule has 33 heteroatoms. The second-order valence-corrected chi connectivity index (χ2v) is 32.6. The average Bonchev–Trinajstić information content (AvgIpc) is 1.56. The van der Waals surface area contributed by atoms with Crippen LogP contribution in [0.3, 0.4) is 0 Å². The first-order valence-electron chi connectivity index (χ1n) is 37.4. The predicted octanol–water partition coefficient (Wildman–Crippen LogP) is 19.4. The molecule has 12 fully saturated rings. The number of methoxy groups -OCH3 is 3. The van der Waals surface area contributed by atoms with Crippen LogP contribution in [0, 0.1) is 124 Å². The van der Waals surface area contributed by atoms with Gasteiger partial charge in [0.1, 0.15) is 6.10 Å². The summed E-state index contributed by atoms with van der Waals surface area (Å²) < 4.78 is 248. The van der Waals surface area contributed by atoms with E-state index in [4.69, 9.17) is 24.4 Å². The van der Waals surface area contributed by atoms with Crippen LogP contribution >= 0.6 is 0 Å². The summed E-state index contributed by atoms with van der Waals surface area (Å²) in [4.78, 5) is 68.1. The molecule has 0 aromatic heterocycles. The number of carbonyl (C=O) groups excluding carboxylic acids is 6. The fourth-order valence-electron chi connectivity index (χ4n) is 21.6. The topological polar surface area (TPSA) is 218 Å². The van der Waals surface area contributed by atoms with Gasteiger partial charge >= 0.3 is 73.4 Å². The van der Waals surface area contributed by atoms with Crippen LogP contribution < -0.4 is 0 Å². The Morgan fingerprint density at radius 1 is 0.384 bits per heavy atom. The van der Waals surface area contributed by atoms with Crippen molar-refractivity contribution < 1.29 is 152 Å². The SMILES string of the molecule is C.C.C.C=C(C)C(=O)OC.C=C(C)C(=O)OC.C=C(C)C(=O)OC.CC(CC(C)(O)C(F)(F)F)OC(=O)C1CC2CC1C1C3CCC(C3)C21.FC(F)F.O=C(OCCCC(O)(C(F)(F)F)C(F)(F)F)C1CC2CC1C1C3CCC(C3)C21.O=C(OCCCCCCC(O)(C(F)(F)F)C(F)(F)F)C1CC2CC1C1C3CCC(C3)C21. The standard InChI is InChI=1S/C22H30F6O3.C19H24F6O3.C19H27F3O3.3C5H8O2.CHF3.3CH4/c23-21(24,25)20(30,22(26,27)28)7-3-1-2-4-8-31-19(29)16-11-14-10-15(16)18-13-6-5-12(9-13)17(14)18;20-18(21,22)17(27,19(23,24)25)4-1-5-28-16(26)13-8-11-7-12(13)15-10-3-2-9(6-10)14(11)15;1-9(8-18(2,24)19(20,21)22)25-17(23)14-7-12-6-13(14)16-11-4-3-10(5-11)15(12)16;3*1-4(2)5(6)7-3;2-1(3)4;;;/h12-18,30H,1-11H2;9-15,27H,1-8H2;9-16,24H,3-8H2,1-2H3;3*1H2,2-3H3;1H;3*1H4. The van der Waals surface area contributed by atoms with E-state index in [0.717, 1.165) is 86.9 Å². The quantitative estimate of drug-likeness (QED) is 0.0258. The van der Waals surface area contributed by atoms with Crippen molar-refractivity contribution in [1.82, 2.24) is 0 Å². The molecule has 0 heterocycles. The maximum Gasteiger partial charge on any atom is 0.426 e. The predicted molar refractivity (Wildman–Crippen MR) is 376 cm³/mol. The summed E-state index contributed by atoms with van der Waals surface area (Å²) in [6.07, 6.45) is -15.5. The van der Waals surface area contributed by atoms with Gasteiger partial charge in [-0.05, 0) is 270 Å². The van der Waals surface area contributed by atoms with Gasteiger partial charge in [-0.2, -0.15) is 79.0 Å². The molecule has 12 aliphatic rings. The summed E-state index contributed by atoms with van der Waals surface area (Å²) in [5, 5.41) is 27.8. The van der Waals surface area contributed by atoms with Gasteiger partial charge in [-0.15, -0.1) is 0 Å². The molecular formula is C79H118F18O15. The minimum absolute atomic E-state index is 0. The van der Waals surface area contributed by atoms with E-state index in [1.165, 1.54) is 86.0 Å². The molecule has 650 valence electrons. The van der Waals surface area contributed by atoms with Gasteiger partial charge in [0, 0.05) is 23.1 Å². The zero-order chi connectivity index (χ0) is 82.4. The number of unbranched alkanes of at least 4 members (excludes halogenated alkanes) is 3. The van der Waals surface area contributed by atoms with Gasteiger partial charge in [-0.25, -0.2) is 14.4 Å². The number of ether oxygens (including phenoxy) is 6. The molecule has 12 rings (SSSR count).